The second-order valence-electron chi connectivity index (χ2n) is 6.49. The van der Waals surface area contributed by atoms with E-state index in [4.69, 9.17) is 6.57 Å². The lowest BCUT2D eigenvalue weighted by Gasteiger charge is -2.23. The Balaban J connectivity index is 1.79. The van der Waals surface area contributed by atoms with Gasteiger partial charge in [0.15, 0.2) is 5.69 Å². The predicted octanol–water partition coefficient (Wildman–Crippen LogP) is 4.06. The number of phenolic OH excluding ortho intramolecular Hbond substituents is 1. The first kappa shape index (κ1) is 19.2. The number of nitrogens with zero attached hydrogens (tertiary/aromatic N) is 2. The Morgan fingerprint density at radius 1 is 1.32 bits per heavy atom. The molecule has 1 atom stereocenters. The van der Waals surface area contributed by atoms with Gasteiger partial charge in [-0.3, -0.25) is 10.2 Å². The van der Waals surface area contributed by atoms with Crippen LogP contribution in [0.15, 0.2) is 47.6 Å². The summed E-state index contributed by atoms with van der Waals surface area (Å²) in [5, 5.41) is 16.5. The molecule has 0 saturated carbocycles. The van der Waals surface area contributed by atoms with Gasteiger partial charge in [-0.05, 0) is 31.2 Å². The minimum Gasteiger partial charge on any atom is -0.507 e. The van der Waals surface area contributed by atoms with Crippen molar-refractivity contribution in [3.8, 4) is 5.75 Å². The van der Waals surface area contributed by atoms with Gasteiger partial charge in [-0.15, -0.1) is 0 Å². The number of hydrazone groups is 1. The van der Waals surface area contributed by atoms with Crippen molar-refractivity contribution in [2.75, 3.05) is 5.32 Å². The number of para-hydroxylation sites is 1. The van der Waals surface area contributed by atoms with Crippen LogP contribution in [0.25, 0.3) is 4.85 Å². The zero-order chi connectivity index (χ0) is 20.5. The fourth-order valence-corrected chi connectivity index (χ4v) is 2.82. The topological polar surface area (TPSA) is 78.1 Å². The van der Waals surface area contributed by atoms with E-state index in [-0.39, 0.29) is 17.9 Å². The summed E-state index contributed by atoms with van der Waals surface area (Å²) >= 11 is 0. The molecule has 3 N–H and O–H groups in total. The van der Waals surface area contributed by atoms with Crippen LogP contribution in [-0.4, -0.2) is 22.3 Å². The van der Waals surface area contributed by atoms with Gasteiger partial charge in [0.2, 0.25) is 0 Å². The molecule has 0 radical (unpaired) electrons. The second-order valence-corrected chi connectivity index (χ2v) is 6.49. The van der Waals surface area contributed by atoms with Gasteiger partial charge >= 0.3 is 6.18 Å². The molecule has 3 rings (SSSR count). The molecule has 1 aliphatic rings. The molecule has 0 fully saturated rings. The van der Waals surface area contributed by atoms with Gasteiger partial charge in [0.25, 0.3) is 5.91 Å². The summed E-state index contributed by atoms with van der Waals surface area (Å²) in [7, 11) is 0. The van der Waals surface area contributed by atoms with Gasteiger partial charge in [0, 0.05) is 17.7 Å². The van der Waals surface area contributed by atoms with Crippen LogP contribution >= 0.6 is 0 Å². The monoisotopic (exact) mass is 388 g/mol. The van der Waals surface area contributed by atoms with Crippen molar-refractivity contribution in [1.82, 2.24) is 5.43 Å². The van der Waals surface area contributed by atoms with Crippen LogP contribution < -0.4 is 10.7 Å². The number of benzene rings is 2. The van der Waals surface area contributed by atoms with Gasteiger partial charge in [0.1, 0.15) is 11.3 Å². The van der Waals surface area contributed by atoms with E-state index in [2.05, 4.69) is 20.7 Å². The number of hydrogen-bond acceptors (Lipinski definition) is 4. The van der Waals surface area contributed by atoms with Crippen LogP contribution in [0.5, 0.6) is 5.75 Å². The molecule has 0 saturated heterocycles. The maximum Gasteiger partial charge on any atom is 0.407 e. The standard InChI is InChI=1S/C19H15F3N4O2/c1-18(10-15(25-26-18)12-5-3-4-6-16(12)27)17(28)24-11-7-8-14(23-2)13(9-11)19(20,21)22/h3-9,26-27H,10H2,1H3,(H,24,28). The Kier molecular flexibility index (Phi) is 4.73. The number of alkyl halides is 3. The van der Waals surface area contributed by atoms with Crippen molar-refractivity contribution in [2.45, 2.75) is 25.1 Å². The highest BCUT2D eigenvalue weighted by atomic mass is 19.4. The average Bonchev–Trinajstić information content (AvgIpc) is 3.05. The quantitative estimate of drug-likeness (QED) is 0.694. The van der Waals surface area contributed by atoms with Crippen molar-refractivity contribution in [3.05, 3.63) is 65.0 Å². The molecule has 1 heterocycles. The molecule has 0 spiro atoms. The van der Waals surface area contributed by atoms with Crippen LogP contribution in [0.1, 0.15) is 24.5 Å². The Hall–Kier alpha value is -3.54. The first-order valence-electron chi connectivity index (χ1n) is 8.16. The summed E-state index contributed by atoms with van der Waals surface area (Å²) in [4.78, 5) is 15.5. The lowest BCUT2D eigenvalue weighted by molar-refractivity contribution is -0.136. The van der Waals surface area contributed by atoms with E-state index < -0.39 is 28.9 Å². The number of aromatic hydroxyl groups is 1. The average molecular weight is 388 g/mol. The van der Waals surface area contributed by atoms with E-state index in [0.717, 1.165) is 12.1 Å². The van der Waals surface area contributed by atoms with E-state index in [1.54, 1.807) is 25.1 Å². The number of nitrogens with one attached hydrogen (secondary N) is 2. The van der Waals surface area contributed by atoms with E-state index in [1.165, 1.54) is 12.1 Å². The molecule has 9 heteroatoms. The van der Waals surface area contributed by atoms with E-state index in [1.807, 2.05) is 0 Å². The van der Waals surface area contributed by atoms with Gasteiger partial charge in [0.05, 0.1) is 17.8 Å². The Bertz CT molecular complexity index is 1010. The lowest BCUT2D eigenvalue weighted by Crippen LogP contribution is -2.47. The zero-order valence-corrected chi connectivity index (χ0v) is 14.6. The van der Waals surface area contributed by atoms with Crippen LogP contribution in [0.4, 0.5) is 24.5 Å². The van der Waals surface area contributed by atoms with E-state index in [0.29, 0.717) is 11.3 Å². The Morgan fingerprint density at radius 3 is 2.68 bits per heavy atom. The lowest BCUT2D eigenvalue weighted by atomic mass is 9.92. The molecule has 1 unspecified atom stereocenters. The normalized spacial score (nSPS) is 18.8. The van der Waals surface area contributed by atoms with Gasteiger partial charge < -0.3 is 10.4 Å². The third kappa shape index (κ3) is 3.62. The number of anilines is 1. The highest BCUT2D eigenvalue weighted by Crippen LogP contribution is 2.38. The van der Waals surface area contributed by atoms with Crippen molar-refractivity contribution in [1.29, 1.82) is 0 Å². The number of halogens is 3. The summed E-state index contributed by atoms with van der Waals surface area (Å²) in [6.07, 6.45) is -4.58. The van der Waals surface area contributed by atoms with Crippen LogP contribution in [-0.2, 0) is 11.0 Å². The van der Waals surface area contributed by atoms with Crippen LogP contribution in [0.2, 0.25) is 0 Å². The number of carbonyl (C=O) groups is 1. The number of hydrogen-bond donors (Lipinski definition) is 3. The van der Waals surface area contributed by atoms with Crippen molar-refractivity contribution < 1.29 is 23.1 Å². The third-order valence-electron chi connectivity index (χ3n) is 4.35. The fourth-order valence-electron chi connectivity index (χ4n) is 2.82. The summed E-state index contributed by atoms with van der Waals surface area (Å²) in [6.45, 7) is 8.41. The Morgan fingerprint density at radius 2 is 2.04 bits per heavy atom. The molecule has 0 aromatic heterocycles. The molecule has 144 valence electrons. The summed E-state index contributed by atoms with van der Waals surface area (Å²) in [5.41, 5.74) is 0.660. The molecule has 0 bridgehead atoms. The van der Waals surface area contributed by atoms with E-state index >= 15 is 0 Å². The summed E-state index contributed by atoms with van der Waals surface area (Å²) in [5.74, 6) is -0.581. The highest BCUT2D eigenvalue weighted by molar-refractivity contribution is 6.10. The minimum atomic E-state index is -4.71. The Labute approximate surface area is 158 Å². The van der Waals surface area contributed by atoms with Crippen molar-refractivity contribution >= 4 is 23.0 Å². The smallest absolute Gasteiger partial charge is 0.407 e. The van der Waals surface area contributed by atoms with Gasteiger partial charge in [-0.25, -0.2) is 4.85 Å². The van der Waals surface area contributed by atoms with Crippen LogP contribution in [0, 0.1) is 6.57 Å². The molecule has 1 amide bonds. The zero-order valence-electron chi connectivity index (χ0n) is 14.6. The first-order chi connectivity index (χ1) is 13.1. The fraction of sp³-hybridized carbons (Fsp3) is 0.211. The van der Waals surface area contributed by atoms with Gasteiger partial charge in [-0.2, -0.15) is 18.3 Å². The molecule has 2 aromatic rings. The molecule has 6 nitrogen and oxygen atoms in total. The molecular formula is C19H15F3N4O2. The largest absolute Gasteiger partial charge is 0.507 e. The van der Waals surface area contributed by atoms with Crippen molar-refractivity contribution in [2.24, 2.45) is 5.10 Å². The SMILES string of the molecule is [C-]#[N+]c1ccc(NC(=O)C2(C)CC(c3ccccc3O)=NN2)cc1C(F)(F)F. The van der Waals surface area contributed by atoms with Crippen molar-refractivity contribution in [3.63, 3.8) is 0 Å². The molecule has 0 aliphatic carbocycles. The third-order valence-corrected chi connectivity index (χ3v) is 4.35. The molecule has 28 heavy (non-hydrogen) atoms. The molecule has 2 aromatic carbocycles. The maximum absolute atomic E-state index is 13.1. The number of rotatable bonds is 3. The maximum atomic E-state index is 13.1. The molecular weight excluding hydrogens is 373 g/mol. The van der Waals surface area contributed by atoms with Gasteiger partial charge in [-0.1, -0.05) is 18.2 Å². The van der Waals surface area contributed by atoms with E-state index in [9.17, 15) is 23.1 Å². The minimum absolute atomic E-state index is 0.0114. The molecule has 1 aliphatic heterocycles. The number of carbonyl (C=O) groups excluding carboxylic acids is 1. The first-order valence-corrected chi connectivity index (χ1v) is 8.16. The summed E-state index contributed by atoms with van der Waals surface area (Å²) in [6, 6.07) is 9.49. The number of amides is 1. The predicted molar refractivity (Wildman–Crippen MR) is 97.1 cm³/mol. The second kappa shape index (κ2) is 6.88. The van der Waals surface area contributed by atoms with Crippen LogP contribution in [0.3, 0.4) is 0 Å². The number of phenols is 1. The highest BCUT2D eigenvalue weighted by Gasteiger charge is 2.40. The summed E-state index contributed by atoms with van der Waals surface area (Å²) < 4.78 is 39.3.